The van der Waals surface area contributed by atoms with E-state index in [1.807, 2.05) is 18.2 Å². The summed E-state index contributed by atoms with van der Waals surface area (Å²) in [5, 5.41) is 0. The van der Waals surface area contributed by atoms with E-state index in [9.17, 15) is 0 Å². The third kappa shape index (κ3) is 3.22. The first-order chi connectivity index (χ1) is 9.64. The van der Waals surface area contributed by atoms with Gasteiger partial charge in [0.05, 0.1) is 17.4 Å². The molecular weight excluding hydrogens is 253 g/mol. The highest BCUT2D eigenvalue weighted by molar-refractivity contribution is 6.60. The van der Waals surface area contributed by atoms with Crippen LogP contribution in [0, 0.1) is 5.41 Å². The summed E-state index contributed by atoms with van der Waals surface area (Å²) in [6.45, 7) is 6.51. The van der Waals surface area contributed by atoms with Gasteiger partial charge in [-0.3, -0.25) is 4.98 Å². The van der Waals surface area contributed by atoms with E-state index < -0.39 is 0 Å². The van der Waals surface area contributed by atoms with Gasteiger partial charge in [0, 0.05) is 25.2 Å². The molecule has 1 unspecified atom stereocenters. The molecule has 0 radical (unpaired) electrons. The molecule has 0 aliphatic carbocycles. The van der Waals surface area contributed by atoms with Gasteiger partial charge in [0.2, 0.25) is 0 Å². The number of nitrogens with zero attached hydrogens (tertiary/aromatic N) is 1. The van der Waals surface area contributed by atoms with E-state index >= 15 is 0 Å². The molecule has 0 aromatic carbocycles. The lowest BCUT2D eigenvalue weighted by molar-refractivity contribution is 0.0122. The predicted molar refractivity (Wildman–Crippen MR) is 77.9 cm³/mol. The summed E-state index contributed by atoms with van der Waals surface area (Å²) >= 11 is 0. The average molecular weight is 275 g/mol. The van der Waals surface area contributed by atoms with E-state index in [2.05, 4.69) is 13.8 Å². The highest BCUT2D eigenvalue weighted by Crippen LogP contribution is 2.26. The molecule has 1 aromatic rings. The van der Waals surface area contributed by atoms with Crippen LogP contribution in [0.4, 0.5) is 0 Å². The summed E-state index contributed by atoms with van der Waals surface area (Å²) in [7, 11) is -0.341. The first-order valence-corrected chi connectivity index (χ1v) is 7.46. The van der Waals surface area contributed by atoms with E-state index in [4.69, 9.17) is 19.0 Å². The second-order valence-corrected chi connectivity index (χ2v) is 6.46. The molecule has 108 valence electrons. The lowest BCUT2D eigenvalue weighted by Crippen LogP contribution is -2.48. The fourth-order valence-corrected chi connectivity index (χ4v) is 2.62. The Balaban J connectivity index is 1.71. The monoisotopic (exact) mass is 275 g/mol. The lowest BCUT2D eigenvalue weighted by Gasteiger charge is -2.33. The Bertz CT molecular complexity index is 450. The van der Waals surface area contributed by atoms with Crippen molar-refractivity contribution in [2.45, 2.75) is 39.2 Å². The van der Waals surface area contributed by atoms with Crippen molar-refractivity contribution in [1.82, 2.24) is 4.98 Å². The molecule has 0 N–H and O–H groups in total. The van der Waals surface area contributed by atoms with Crippen LogP contribution in [0.15, 0.2) is 18.2 Å². The van der Waals surface area contributed by atoms with Gasteiger partial charge < -0.3 is 14.0 Å². The molecule has 0 saturated carbocycles. The Morgan fingerprint density at radius 2 is 2.00 bits per heavy atom. The maximum absolute atomic E-state index is 5.80. The van der Waals surface area contributed by atoms with Crippen molar-refractivity contribution in [3.05, 3.63) is 23.9 Å². The van der Waals surface area contributed by atoms with Gasteiger partial charge in [-0.15, -0.1) is 0 Å². The zero-order valence-electron chi connectivity index (χ0n) is 12.3. The van der Waals surface area contributed by atoms with Crippen LogP contribution in [0.3, 0.4) is 0 Å². The Kier molecular flexibility index (Phi) is 4.10. The van der Waals surface area contributed by atoms with Gasteiger partial charge in [0.1, 0.15) is 0 Å². The third-order valence-electron chi connectivity index (χ3n) is 3.79. The van der Waals surface area contributed by atoms with Gasteiger partial charge in [-0.1, -0.05) is 19.9 Å². The first kappa shape index (κ1) is 14.0. The molecule has 2 aliphatic heterocycles. The standard InChI is InChI=1S/C15H22BNO3/c1-15(2)10-19-16(20-11-15)14-8-5-6-12(17-14)13-7-3-4-9-18-13/h5-6,8,13H,3-4,7,9-11H2,1-2H3. The van der Waals surface area contributed by atoms with Crippen LogP contribution >= 0.6 is 0 Å². The Morgan fingerprint density at radius 1 is 1.20 bits per heavy atom. The summed E-state index contributed by atoms with van der Waals surface area (Å²) in [6, 6.07) is 6.02. The molecule has 3 heterocycles. The van der Waals surface area contributed by atoms with Crippen molar-refractivity contribution in [3.63, 3.8) is 0 Å². The molecule has 2 saturated heterocycles. The highest BCUT2D eigenvalue weighted by atomic mass is 16.6. The molecule has 2 fully saturated rings. The van der Waals surface area contributed by atoms with Crippen molar-refractivity contribution in [3.8, 4) is 0 Å². The minimum Gasteiger partial charge on any atom is -0.406 e. The molecule has 0 spiro atoms. The fraction of sp³-hybridized carbons (Fsp3) is 0.667. The van der Waals surface area contributed by atoms with E-state index in [1.165, 1.54) is 6.42 Å². The summed E-state index contributed by atoms with van der Waals surface area (Å²) in [6.07, 6.45) is 3.54. The Labute approximate surface area is 121 Å². The van der Waals surface area contributed by atoms with E-state index in [0.29, 0.717) is 13.2 Å². The number of hydrogen-bond donors (Lipinski definition) is 0. The molecule has 0 amide bonds. The van der Waals surface area contributed by atoms with Crippen LogP contribution < -0.4 is 5.59 Å². The van der Waals surface area contributed by atoms with E-state index in [1.54, 1.807) is 0 Å². The fourth-order valence-electron chi connectivity index (χ4n) is 2.62. The van der Waals surface area contributed by atoms with Crippen LogP contribution in [0.5, 0.6) is 0 Å². The number of hydrogen-bond acceptors (Lipinski definition) is 4. The molecule has 1 atom stereocenters. The third-order valence-corrected chi connectivity index (χ3v) is 3.79. The number of ether oxygens (including phenoxy) is 1. The second kappa shape index (κ2) is 5.84. The molecule has 5 heteroatoms. The van der Waals surface area contributed by atoms with Crippen LogP contribution in [0.2, 0.25) is 0 Å². The second-order valence-electron chi connectivity index (χ2n) is 6.46. The largest absolute Gasteiger partial charge is 0.513 e. The summed E-state index contributed by atoms with van der Waals surface area (Å²) in [5.74, 6) is 0. The topological polar surface area (TPSA) is 40.6 Å². The molecule has 0 bridgehead atoms. The SMILES string of the molecule is CC1(C)COB(c2cccc(C3CCCCO3)n2)OC1. The first-order valence-electron chi connectivity index (χ1n) is 7.46. The lowest BCUT2D eigenvalue weighted by atomic mass is 9.79. The summed E-state index contributed by atoms with van der Waals surface area (Å²) in [4.78, 5) is 4.69. The molecule has 3 rings (SSSR count). The number of pyridine rings is 1. The molecular formula is C15H22BNO3. The summed E-state index contributed by atoms with van der Waals surface area (Å²) in [5.41, 5.74) is 1.94. The smallest absolute Gasteiger partial charge is 0.406 e. The van der Waals surface area contributed by atoms with E-state index in [-0.39, 0.29) is 18.6 Å². The summed E-state index contributed by atoms with van der Waals surface area (Å²) < 4.78 is 17.4. The molecule has 2 aliphatic rings. The van der Waals surface area contributed by atoms with Gasteiger partial charge in [0.15, 0.2) is 0 Å². The van der Waals surface area contributed by atoms with Crippen LogP contribution in [-0.4, -0.2) is 31.9 Å². The minimum atomic E-state index is -0.341. The number of aromatic nitrogens is 1. The number of rotatable bonds is 2. The van der Waals surface area contributed by atoms with Crippen molar-refractivity contribution >= 4 is 12.7 Å². The molecule has 4 nitrogen and oxygen atoms in total. The van der Waals surface area contributed by atoms with E-state index in [0.717, 1.165) is 30.7 Å². The van der Waals surface area contributed by atoms with Crippen LogP contribution in [0.25, 0.3) is 0 Å². The van der Waals surface area contributed by atoms with Gasteiger partial charge in [-0.2, -0.15) is 0 Å². The average Bonchev–Trinajstić information content (AvgIpc) is 2.48. The maximum Gasteiger partial charge on any atom is 0.513 e. The predicted octanol–water partition coefficient (Wildman–Crippen LogP) is 2.09. The molecule has 20 heavy (non-hydrogen) atoms. The highest BCUT2D eigenvalue weighted by Gasteiger charge is 2.34. The van der Waals surface area contributed by atoms with Crippen molar-refractivity contribution in [1.29, 1.82) is 0 Å². The van der Waals surface area contributed by atoms with Crippen LogP contribution in [0.1, 0.15) is 44.9 Å². The zero-order valence-corrected chi connectivity index (χ0v) is 12.3. The normalized spacial score (nSPS) is 26.5. The quantitative estimate of drug-likeness (QED) is 0.775. The Hall–Kier alpha value is -0.905. The van der Waals surface area contributed by atoms with Crippen molar-refractivity contribution < 1.29 is 14.0 Å². The zero-order chi connectivity index (χ0) is 14.0. The van der Waals surface area contributed by atoms with Gasteiger partial charge in [-0.05, 0) is 31.4 Å². The van der Waals surface area contributed by atoms with Crippen molar-refractivity contribution in [2.24, 2.45) is 5.41 Å². The van der Waals surface area contributed by atoms with Crippen molar-refractivity contribution in [2.75, 3.05) is 19.8 Å². The van der Waals surface area contributed by atoms with Gasteiger partial charge >= 0.3 is 7.12 Å². The Morgan fingerprint density at radius 3 is 2.70 bits per heavy atom. The maximum atomic E-state index is 5.80. The van der Waals surface area contributed by atoms with Gasteiger partial charge in [0.25, 0.3) is 0 Å². The minimum absolute atomic E-state index is 0.0839. The van der Waals surface area contributed by atoms with Crippen LogP contribution in [-0.2, 0) is 14.0 Å². The molecule has 1 aromatic heterocycles. The van der Waals surface area contributed by atoms with Gasteiger partial charge in [-0.25, -0.2) is 0 Å².